The minimum absolute atomic E-state index is 0.0774. The van der Waals surface area contributed by atoms with Crippen LogP contribution in [0.25, 0.3) is 0 Å². The minimum atomic E-state index is -0.337. The third-order valence-electron chi connectivity index (χ3n) is 2.74. The first-order valence-electron chi connectivity index (χ1n) is 6.40. The number of urea groups is 1. The van der Waals surface area contributed by atoms with Crippen molar-refractivity contribution in [1.82, 2.24) is 10.8 Å². The average Bonchev–Trinajstić information content (AvgIpc) is 2.42. The van der Waals surface area contributed by atoms with Crippen molar-refractivity contribution in [3.05, 3.63) is 29.8 Å². The molecule has 0 spiro atoms. The van der Waals surface area contributed by atoms with Gasteiger partial charge in [-0.25, -0.2) is 10.3 Å². The molecule has 0 heterocycles. The highest BCUT2D eigenvalue weighted by atomic mass is 16.7. The Bertz CT molecular complexity index is 390. The van der Waals surface area contributed by atoms with Gasteiger partial charge in [-0.05, 0) is 30.5 Å². The van der Waals surface area contributed by atoms with Crippen LogP contribution in [0.5, 0.6) is 5.75 Å². The molecule has 0 aliphatic carbocycles. The van der Waals surface area contributed by atoms with Crippen LogP contribution < -0.4 is 15.5 Å². The summed E-state index contributed by atoms with van der Waals surface area (Å²) in [5, 5.41) is 2.89. The highest BCUT2D eigenvalue weighted by Crippen LogP contribution is 2.23. The van der Waals surface area contributed by atoms with Gasteiger partial charge < -0.3 is 10.1 Å². The van der Waals surface area contributed by atoms with Crippen molar-refractivity contribution >= 4 is 6.03 Å². The summed E-state index contributed by atoms with van der Waals surface area (Å²) in [5.74, 6) is 1.06. The van der Waals surface area contributed by atoms with Crippen LogP contribution >= 0.6 is 0 Å². The molecule has 0 aliphatic rings. The zero-order chi connectivity index (χ0) is 14.3. The third-order valence-corrected chi connectivity index (χ3v) is 2.74. The number of nitrogens with one attached hydrogen (secondary N) is 2. The summed E-state index contributed by atoms with van der Waals surface area (Å²) in [6.45, 7) is 6.34. The van der Waals surface area contributed by atoms with E-state index in [9.17, 15) is 4.79 Å². The van der Waals surface area contributed by atoms with Gasteiger partial charge in [0.05, 0.1) is 19.8 Å². The fourth-order valence-electron chi connectivity index (χ4n) is 1.75. The van der Waals surface area contributed by atoms with Crippen molar-refractivity contribution in [2.24, 2.45) is 5.92 Å². The lowest BCUT2D eigenvalue weighted by Crippen LogP contribution is -2.39. The summed E-state index contributed by atoms with van der Waals surface area (Å²) >= 11 is 0. The van der Waals surface area contributed by atoms with Crippen LogP contribution in [0.3, 0.4) is 0 Å². The maximum atomic E-state index is 11.6. The van der Waals surface area contributed by atoms with Crippen molar-refractivity contribution in [2.75, 3.05) is 13.7 Å². The fraction of sp³-hybridized carbons (Fsp3) is 0.500. The number of hydroxylamine groups is 1. The molecule has 19 heavy (non-hydrogen) atoms. The number of amides is 2. The highest BCUT2D eigenvalue weighted by Gasteiger charge is 2.18. The molecule has 1 rings (SSSR count). The van der Waals surface area contributed by atoms with Gasteiger partial charge in [-0.15, -0.1) is 0 Å². The Morgan fingerprint density at radius 2 is 1.89 bits per heavy atom. The van der Waals surface area contributed by atoms with Crippen molar-refractivity contribution in [3.63, 3.8) is 0 Å². The summed E-state index contributed by atoms with van der Waals surface area (Å²) < 4.78 is 5.12. The smallest absolute Gasteiger partial charge is 0.339 e. The van der Waals surface area contributed by atoms with E-state index in [1.807, 2.05) is 31.2 Å². The Balaban J connectivity index is 2.73. The zero-order valence-corrected chi connectivity index (χ0v) is 11.9. The number of ether oxygens (including phenoxy) is 1. The van der Waals surface area contributed by atoms with E-state index < -0.39 is 0 Å². The van der Waals surface area contributed by atoms with E-state index >= 15 is 0 Å². The molecule has 2 N–H and O–H groups in total. The van der Waals surface area contributed by atoms with Crippen LogP contribution in [0.4, 0.5) is 4.79 Å². The summed E-state index contributed by atoms with van der Waals surface area (Å²) in [5.41, 5.74) is 3.37. The van der Waals surface area contributed by atoms with Gasteiger partial charge in [0, 0.05) is 0 Å². The van der Waals surface area contributed by atoms with Crippen molar-refractivity contribution in [1.29, 1.82) is 0 Å². The SMILES string of the molecule is CCONC(=O)N[C@@H](c1ccc(OC)cc1)C(C)C. The molecular formula is C14H22N2O3. The molecule has 1 aromatic carbocycles. The number of methoxy groups -OCH3 is 1. The molecule has 0 aromatic heterocycles. The number of carbonyl (C=O) groups is 1. The van der Waals surface area contributed by atoms with Crippen LogP contribution in [0.15, 0.2) is 24.3 Å². The van der Waals surface area contributed by atoms with E-state index in [-0.39, 0.29) is 18.0 Å². The number of hydrogen-bond donors (Lipinski definition) is 2. The van der Waals surface area contributed by atoms with Gasteiger partial charge in [0.2, 0.25) is 0 Å². The summed E-state index contributed by atoms with van der Waals surface area (Å²) in [6.07, 6.45) is 0. The molecule has 2 amide bonds. The number of carbonyl (C=O) groups excluding carboxylic acids is 1. The molecule has 5 heteroatoms. The maximum Gasteiger partial charge on any atom is 0.339 e. The number of hydrogen-bond acceptors (Lipinski definition) is 3. The van der Waals surface area contributed by atoms with E-state index in [0.717, 1.165) is 11.3 Å². The second kappa shape index (κ2) is 7.63. The molecule has 0 unspecified atom stereocenters. The Kier molecular flexibility index (Phi) is 6.15. The predicted molar refractivity (Wildman–Crippen MR) is 73.9 cm³/mol. The van der Waals surface area contributed by atoms with Gasteiger partial charge in [-0.2, -0.15) is 0 Å². The van der Waals surface area contributed by atoms with Crippen molar-refractivity contribution in [2.45, 2.75) is 26.8 Å². The predicted octanol–water partition coefficient (Wildman–Crippen LogP) is 2.64. The molecule has 5 nitrogen and oxygen atoms in total. The second-order valence-corrected chi connectivity index (χ2v) is 4.50. The lowest BCUT2D eigenvalue weighted by molar-refractivity contribution is 0.0688. The second-order valence-electron chi connectivity index (χ2n) is 4.50. The van der Waals surface area contributed by atoms with Gasteiger partial charge in [0.15, 0.2) is 0 Å². The number of rotatable bonds is 6. The van der Waals surface area contributed by atoms with E-state index in [2.05, 4.69) is 24.6 Å². The van der Waals surface area contributed by atoms with E-state index in [1.165, 1.54) is 0 Å². The first kappa shape index (κ1) is 15.3. The van der Waals surface area contributed by atoms with Crippen LogP contribution in [0.1, 0.15) is 32.4 Å². The van der Waals surface area contributed by atoms with Crippen LogP contribution in [0, 0.1) is 5.92 Å². The molecule has 0 saturated heterocycles. The summed E-state index contributed by atoms with van der Waals surface area (Å²) in [4.78, 5) is 16.5. The molecule has 0 aliphatic heterocycles. The summed E-state index contributed by atoms with van der Waals surface area (Å²) in [6, 6.07) is 7.25. The molecule has 0 radical (unpaired) electrons. The largest absolute Gasteiger partial charge is 0.497 e. The van der Waals surface area contributed by atoms with Gasteiger partial charge in [0.25, 0.3) is 0 Å². The maximum absolute atomic E-state index is 11.6. The molecule has 0 saturated carbocycles. The van der Waals surface area contributed by atoms with E-state index in [0.29, 0.717) is 6.61 Å². The van der Waals surface area contributed by atoms with Crippen molar-refractivity contribution in [3.8, 4) is 5.75 Å². The average molecular weight is 266 g/mol. The van der Waals surface area contributed by atoms with Crippen LogP contribution in [-0.2, 0) is 4.84 Å². The standard InChI is InChI=1S/C14H22N2O3/c1-5-19-16-14(17)15-13(10(2)3)11-6-8-12(18-4)9-7-11/h6-10,13H,5H2,1-4H3,(H2,15,16,17)/t13-/m1/s1. The van der Waals surface area contributed by atoms with Gasteiger partial charge in [0.1, 0.15) is 5.75 Å². The highest BCUT2D eigenvalue weighted by molar-refractivity contribution is 5.73. The molecule has 106 valence electrons. The molecule has 1 atom stereocenters. The Morgan fingerprint density at radius 3 is 2.37 bits per heavy atom. The monoisotopic (exact) mass is 266 g/mol. The Labute approximate surface area is 114 Å². The third kappa shape index (κ3) is 4.79. The first-order chi connectivity index (χ1) is 9.08. The lowest BCUT2D eigenvalue weighted by atomic mass is 9.96. The number of benzene rings is 1. The van der Waals surface area contributed by atoms with Gasteiger partial charge >= 0.3 is 6.03 Å². The van der Waals surface area contributed by atoms with Crippen LogP contribution in [0.2, 0.25) is 0 Å². The normalized spacial score (nSPS) is 12.1. The van der Waals surface area contributed by atoms with E-state index in [4.69, 9.17) is 9.57 Å². The molecular weight excluding hydrogens is 244 g/mol. The molecule has 0 fully saturated rings. The molecule has 1 aromatic rings. The Morgan fingerprint density at radius 1 is 1.26 bits per heavy atom. The van der Waals surface area contributed by atoms with Gasteiger partial charge in [-0.3, -0.25) is 4.84 Å². The quantitative estimate of drug-likeness (QED) is 0.778. The van der Waals surface area contributed by atoms with Crippen molar-refractivity contribution < 1.29 is 14.4 Å². The Hall–Kier alpha value is -1.75. The lowest BCUT2D eigenvalue weighted by Gasteiger charge is -2.23. The zero-order valence-electron chi connectivity index (χ0n) is 11.9. The molecule has 0 bridgehead atoms. The van der Waals surface area contributed by atoms with Gasteiger partial charge in [-0.1, -0.05) is 26.0 Å². The topological polar surface area (TPSA) is 59.6 Å². The van der Waals surface area contributed by atoms with Crippen LogP contribution in [-0.4, -0.2) is 19.7 Å². The van der Waals surface area contributed by atoms with E-state index in [1.54, 1.807) is 7.11 Å². The fourth-order valence-corrected chi connectivity index (χ4v) is 1.75. The summed E-state index contributed by atoms with van der Waals surface area (Å²) in [7, 11) is 1.63. The minimum Gasteiger partial charge on any atom is -0.497 e. The first-order valence-corrected chi connectivity index (χ1v) is 6.40.